The molecular weight excluding hydrogens is 316 g/mol. The molecule has 0 radical (unpaired) electrons. The molecule has 0 saturated carbocycles. The van der Waals surface area contributed by atoms with Crippen LogP contribution in [-0.4, -0.2) is 18.0 Å². The lowest BCUT2D eigenvalue weighted by Crippen LogP contribution is -2.34. The normalized spacial score (nSPS) is 10.4. The lowest BCUT2D eigenvalue weighted by atomic mass is 10.1. The molecule has 6 nitrogen and oxygen atoms in total. The summed E-state index contributed by atoms with van der Waals surface area (Å²) in [5.41, 5.74) is 8.78. The SMILES string of the molecule is CC(C)NC(=O)Nc1ccc(CNC(=O)c2ccc(CN)cc2)cc1. The summed E-state index contributed by atoms with van der Waals surface area (Å²) in [6, 6.07) is 14.4. The maximum Gasteiger partial charge on any atom is 0.319 e. The number of carbonyl (C=O) groups is 2. The monoisotopic (exact) mass is 340 g/mol. The zero-order chi connectivity index (χ0) is 18.2. The van der Waals surface area contributed by atoms with Crippen molar-refractivity contribution in [2.24, 2.45) is 5.73 Å². The summed E-state index contributed by atoms with van der Waals surface area (Å²) < 4.78 is 0. The van der Waals surface area contributed by atoms with Crippen LogP contribution in [0, 0.1) is 0 Å². The summed E-state index contributed by atoms with van der Waals surface area (Å²) in [5.74, 6) is -0.137. The summed E-state index contributed by atoms with van der Waals surface area (Å²) in [5, 5.41) is 8.38. The topological polar surface area (TPSA) is 96.2 Å². The molecule has 0 bridgehead atoms. The Hall–Kier alpha value is -2.86. The van der Waals surface area contributed by atoms with E-state index in [2.05, 4.69) is 16.0 Å². The van der Waals surface area contributed by atoms with Gasteiger partial charge in [0.25, 0.3) is 5.91 Å². The Morgan fingerprint density at radius 2 is 1.56 bits per heavy atom. The van der Waals surface area contributed by atoms with Crippen molar-refractivity contribution < 1.29 is 9.59 Å². The first kappa shape index (κ1) is 18.5. The largest absolute Gasteiger partial charge is 0.348 e. The van der Waals surface area contributed by atoms with Crippen molar-refractivity contribution in [3.63, 3.8) is 0 Å². The summed E-state index contributed by atoms with van der Waals surface area (Å²) in [7, 11) is 0. The number of hydrogen-bond donors (Lipinski definition) is 4. The first-order valence-electron chi connectivity index (χ1n) is 8.21. The average molecular weight is 340 g/mol. The van der Waals surface area contributed by atoms with E-state index in [0.29, 0.717) is 24.3 Å². The summed E-state index contributed by atoms with van der Waals surface area (Å²) in [4.78, 5) is 23.8. The molecule has 0 fully saturated rings. The maximum absolute atomic E-state index is 12.1. The molecule has 2 aromatic carbocycles. The van der Waals surface area contributed by atoms with Crippen LogP contribution in [0.4, 0.5) is 10.5 Å². The number of hydrogen-bond acceptors (Lipinski definition) is 3. The van der Waals surface area contributed by atoms with E-state index in [1.807, 2.05) is 38.1 Å². The Balaban J connectivity index is 1.86. The highest BCUT2D eigenvalue weighted by Crippen LogP contribution is 2.10. The fourth-order valence-corrected chi connectivity index (χ4v) is 2.21. The number of nitrogens with two attached hydrogens (primary N) is 1. The van der Waals surface area contributed by atoms with Gasteiger partial charge in [0.05, 0.1) is 0 Å². The van der Waals surface area contributed by atoms with E-state index in [1.54, 1.807) is 24.3 Å². The summed E-state index contributed by atoms with van der Waals surface area (Å²) >= 11 is 0. The Morgan fingerprint density at radius 3 is 2.12 bits per heavy atom. The highest BCUT2D eigenvalue weighted by molar-refractivity contribution is 5.94. The van der Waals surface area contributed by atoms with Crippen LogP contribution in [0.1, 0.15) is 35.3 Å². The Kier molecular flexibility index (Phi) is 6.54. The zero-order valence-electron chi connectivity index (χ0n) is 14.5. The maximum atomic E-state index is 12.1. The second kappa shape index (κ2) is 8.84. The van der Waals surface area contributed by atoms with Crippen LogP contribution in [0.5, 0.6) is 0 Å². The number of rotatable bonds is 6. The van der Waals surface area contributed by atoms with Crippen molar-refractivity contribution >= 4 is 17.6 Å². The number of nitrogens with one attached hydrogen (secondary N) is 3. The number of urea groups is 1. The molecule has 0 spiro atoms. The van der Waals surface area contributed by atoms with Gasteiger partial charge in [-0.2, -0.15) is 0 Å². The molecule has 0 aromatic heterocycles. The lowest BCUT2D eigenvalue weighted by molar-refractivity contribution is 0.0951. The van der Waals surface area contributed by atoms with Gasteiger partial charge >= 0.3 is 6.03 Å². The molecule has 5 N–H and O–H groups in total. The van der Waals surface area contributed by atoms with Crippen molar-refractivity contribution in [2.75, 3.05) is 5.32 Å². The number of carbonyl (C=O) groups excluding carboxylic acids is 2. The minimum atomic E-state index is -0.239. The molecule has 0 unspecified atom stereocenters. The van der Waals surface area contributed by atoms with Gasteiger partial charge in [0.1, 0.15) is 0 Å². The molecule has 132 valence electrons. The first-order valence-corrected chi connectivity index (χ1v) is 8.21. The lowest BCUT2D eigenvalue weighted by Gasteiger charge is -2.11. The van der Waals surface area contributed by atoms with Gasteiger partial charge in [0.2, 0.25) is 0 Å². The van der Waals surface area contributed by atoms with Crippen LogP contribution in [-0.2, 0) is 13.1 Å². The van der Waals surface area contributed by atoms with Crippen LogP contribution in [0.2, 0.25) is 0 Å². The molecular formula is C19H24N4O2. The van der Waals surface area contributed by atoms with Gasteiger partial charge in [-0.1, -0.05) is 24.3 Å². The van der Waals surface area contributed by atoms with Crippen LogP contribution in [0.25, 0.3) is 0 Å². The van der Waals surface area contributed by atoms with Gasteiger partial charge in [0.15, 0.2) is 0 Å². The van der Waals surface area contributed by atoms with E-state index in [9.17, 15) is 9.59 Å². The Bertz CT molecular complexity index is 709. The minimum Gasteiger partial charge on any atom is -0.348 e. The van der Waals surface area contributed by atoms with E-state index < -0.39 is 0 Å². The van der Waals surface area contributed by atoms with E-state index in [-0.39, 0.29) is 18.0 Å². The molecule has 0 atom stereocenters. The molecule has 6 heteroatoms. The number of amides is 3. The van der Waals surface area contributed by atoms with Crippen molar-refractivity contribution in [1.29, 1.82) is 0 Å². The van der Waals surface area contributed by atoms with Crippen molar-refractivity contribution in [1.82, 2.24) is 10.6 Å². The Labute approximate surface area is 147 Å². The zero-order valence-corrected chi connectivity index (χ0v) is 14.5. The quantitative estimate of drug-likeness (QED) is 0.651. The molecule has 0 aliphatic carbocycles. The average Bonchev–Trinajstić information content (AvgIpc) is 2.60. The van der Waals surface area contributed by atoms with Crippen LogP contribution in [0.3, 0.4) is 0 Å². The standard InChI is InChI=1S/C19H24N4O2/c1-13(2)22-19(25)23-17-9-5-15(6-10-17)12-21-18(24)16-7-3-14(11-20)4-8-16/h3-10,13H,11-12,20H2,1-2H3,(H,21,24)(H2,22,23,25). The third kappa shape index (κ3) is 5.93. The third-order valence-corrected chi connectivity index (χ3v) is 3.54. The van der Waals surface area contributed by atoms with Crippen molar-refractivity contribution in [2.45, 2.75) is 33.0 Å². The van der Waals surface area contributed by atoms with Crippen LogP contribution in [0.15, 0.2) is 48.5 Å². The van der Waals surface area contributed by atoms with Crippen molar-refractivity contribution in [3.05, 3.63) is 65.2 Å². The van der Waals surface area contributed by atoms with E-state index in [0.717, 1.165) is 11.1 Å². The number of benzene rings is 2. The Morgan fingerprint density at radius 1 is 0.960 bits per heavy atom. The van der Waals surface area contributed by atoms with Gasteiger partial charge in [-0.3, -0.25) is 4.79 Å². The molecule has 0 heterocycles. The van der Waals surface area contributed by atoms with E-state index in [4.69, 9.17) is 5.73 Å². The minimum absolute atomic E-state index is 0.0772. The van der Waals surface area contributed by atoms with E-state index in [1.165, 1.54) is 0 Å². The van der Waals surface area contributed by atoms with Crippen LogP contribution >= 0.6 is 0 Å². The van der Waals surface area contributed by atoms with Gasteiger partial charge in [-0.05, 0) is 49.2 Å². The molecule has 25 heavy (non-hydrogen) atoms. The first-order chi connectivity index (χ1) is 12.0. The van der Waals surface area contributed by atoms with Crippen LogP contribution < -0.4 is 21.7 Å². The second-order valence-electron chi connectivity index (χ2n) is 6.03. The van der Waals surface area contributed by atoms with Gasteiger partial charge in [-0.25, -0.2) is 4.79 Å². The molecule has 2 aromatic rings. The fraction of sp³-hybridized carbons (Fsp3) is 0.263. The van der Waals surface area contributed by atoms with Crippen molar-refractivity contribution in [3.8, 4) is 0 Å². The van der Waals surface area contributed by atoms with Gasteiger partial charge in [-0.15, -0.1) is 0 Å². The summed E-state index contributed by atoms with van der Waals surface area (Å²) in [6.07, 6.45) is 0. The highest BCUT2D eigenvalue weighted by Gasteiger charge is 2.06. The van der Waals surface area contributed by atoms with E-state index >= 15 is 0 Å². The third-order valence-electron chi connectivity index (χ3n) is 3.54. The van der Waals surface area contributed by atoms with Gasteiger partial charge < -0.3 is 21.7 Å². The molecule has 0 aliphatic rings. The number of anilines is 1. The smallest absolute Gasteiger partial charge is 0.319 e. The molecule has 0 aliphatic heterocycles. The predicted octanol–water partition coefficient (Wildman–Crippen LogP) is 2.61. The molecule has 3 amide bonds. The predicted molar refractivity (Wildman–Crippen MR) is 99.2 cm³/mol. The highest BCUT2D eigenvalue weighted by atomic mass is 16.2. The summed E-state index contributed by atoms with van der Waals surface area (Å²) in [6.45, 7) is 4.66. The molecule has 0 saturated heterocycles. The second-order valence-corrected chi connectivity index (χ2v) is 6.03. The fourth-order valence-electron chi connectivity index (χ4n) is 2.21. The van der Waals surface area contributed by atoms with Gasteiger partial charge in [0, 0.05) is 30.4 Å². The molecule has 2 rings (SSSR count).